The third-order valence-electron chi connectivity index (χ3n) is 2.87. The van der Waals surface area contributed by atoms with Gasteiger partial charge in [-0.1, -0.05) is 12.1 Å². The highest BCUT2D eigenvalue weighted by Crippen LogP contribution is 2.06. The van der Waals surface area contributed by atoms with E-state index in [9.17, 15) is 4.39 Å². The molecular formula is C13H19FN2O. The maximum Gasteiger partial charge on any atom is 0.123 e. The van der Waals surface area contributed by atoms with Crippen molar-refractivity contribution in [3.05, 3.63) is 35.6 Å². The molecule has 0 aliphatic carbocycles. The molecule has 1 heterocycles. The Bertz CT molecular complexity index is 336. The molecule has 0 bridgehead atoms. The summed E-state index contributed by atoms with van der Waals surface area (Å²) in [5.41, 5.74) is 4.59. The summed E-state index contributed by atoms with van der Waals surface area (Å²) in [6, 6.07) is 7.05. The van der Waals surface area contributed by atoms with Crippen molar-refractivity contribution in [3.8, 4) is 0 Å². The summed E-state index contributed by atoms with van der Waals surface area (Å²) in [6.45, 7) is 5.56. The monoisotopic (exact) mass is 238 g/mol. The van der Waals surface area contributed by atoms with E-state index in [2.05, 4.69) is 17.4 Å². The van der Waals surface area contributed by atoms with E-state index < -0.39 is 0 Å². The lowest BCUT2D eigenvalue weighted by Crippen LogP contribution is -2.49. The number of hydrogen-bond donors (Lipinski definition) is 1. The summed E-state index contributed by atoms with van der Waals surface area (Å²) >= 11 is 0. The van der Waals surface area contributed by atoms with Gasteiger partial charge in [0, 0.05) is 19.1 Å². The van der Waals surface area contributed by atoms with Crippen LogP contribution >= 0.6 is 0 Å². The SMILES string of the molecule is C[C@H](Cc1ccc(F)cc1)NN1CCOCC1. The van der Waals surface area contributed by atoms with Crippen molar-refractivity contribution in [2.75, 3.05) is 26.3 Å². The Labute approximate surface area is 102 Å². The van der Waals surface area contributed by atoms with E-state index in [1.165, 1.54) is 12.1 Å². The zero-order valence-corrected chi connectivity index (χ0v) is 10.2. The normalized spacial score (nSPS) is 19.2. The van der Waals surface area contributed by atoms with Gasteiger partial charge in [0.05, 0.1) is 13.2 Å². The summed E-state index contributed by atoms with van der Waals surface area (Å²) in [7, 11) is 0. The molecule has 1 aliphatic rings. The van der Waals surface area contributed by atoms with Crippen LogP contribution in [0.2, 0.25) is 0 Å². The van der Waals surface area contributed by atoms with Gasteiger partial charge in [0.15, 0.2) is 0 Å². The van der Waals surface area contributed by atoms with Gasteiger partial charge in [-0.2, -0.15) is 0 Å². The number of morpholine rings is 1. The molecule has 94 valence electrons. The molecule has 0 unspecified atom stereocenters. The van der Waals surface area contributed by atoms with E-state index in [0.717, 1.165) is 38.3 Å². The van der Waals surface area contributed by atoms with Crippen LogP contribution in [0.3, 0.4) is 0 Å². The minimum absolute atomic E-state index is 0.178. The first-order valence-electron chi connectivity index (χ1n) is 6.07. The second-order valence-corrected chi connectivity index (χ2v) is 4.46. The van der Waals surface area contributed by atoms with Gasteiger partial charge < -0.3 is 4.74 Å². The van der Waals surface area contributed by atoms with Gasteiger partial charge in [-0.05, 0) is 31.0 Å². The summed E-state index contributed by atoms with van der Waals surface area (Å²) < 4.78 is 18.0. The lowest BCUT2D eigenvalue weighted by atomic mass is 10.1. The first kappa shape index (κ1) is 12.5. The number of rotatable bonds is 4. The molecule has 2 rings (SSSR count). The average Bonchev–Trinajstić information content (AvgIpc) is 2.33. The molecule has 1 saturated heterocycles. The summed E-state index contributed by atoms with van der Waals surface area (Å²) in [4.78, 5) is 0. The number of nitrogens with zero attached hydrogens (tertiary/aromatic N) is 1. The molecule has 17 heavy (non-hydrogen) atoms. The molecule has 1 N–H and O–H groups in total. The van der Waals surface area contributed by atoms with E-state index in [1.54, 1.807) is 0 Å². The second-order valence-electron chi connectivity index (χ2n) is 4.46. The van der Waals surface area contributed by atoms with Crippen LogP contribution in [0, 0.1) is 5.82 Å². The highest BCUT2D eigenvalue weighted by Gasteiger charge is 2.12. The maximum absolute atomic E-state index is 12.8. The molecule has 0 radical (unpaired) electrons. The zero-order valence-electron chi connectivity index (χ0n) is 10.2. The Hall–Kier alpha value is -0.970. The molecule has 0 spiro atoms. The van der Waals surface area contributed by atoms with Crippen LogP contribution in [-0.2, 0) is 11.2 Å². The molecule has 3 nitrogen and oxygen atoms in total. The smallest absolute Gasteiger partial charge is 0.123 e. The Kier molecular flexibility index (Phi) is 4.48. The molecule has 1 aliphatic heterocycles. The van der Waals surface area contributed by atoms with Crippen LogP contribution in [0.25, 0.3) is 0 Å². The molecule has 0 aromatic heterocycles. The molecule has 1 aromatic rings. The average molecular weight is 238 g/mol. The summed E-state index contributed by atoms with van der Waals surface area (Å²) in [5.74, 6) is -0.178. The van der Waals surface area contributed by atoms with E-state index in [1.807, 2.05) is 12.1 Å². The number of hydrazine groups is 1. The minimum Gasteiger partial charge on any atom is -0.379 e. The van der Waals surface area contributed by atoms with Crippen molar-refractivity contribution < 1.29 is 9.13 Å². The van der Waals surface area contributed by atoms with Gasteiger partial charge in [-0.3, -0.25) is 5.43 Å². The predicted octanol–water partition coefficient (Wildman–Crippen LogP) is 1.59. The van der Waals surface area contributed by atoms with Crippen molar-refractivity contribution in [1.29, 1.82) is 0 Å². The number of ether oxygens (including phenoxy) is 1. The van der Waals surface area contributed by atoms with E-state index >= 15 is 0 Å². The molecule has 1 atom stereocenters. The van der Waals surface area contributed by atoms with E-state index in [0.29, 0.717) is 6.04 Å². The molecule has 0 amide bonds. The summed E-state index contributed by atoms with van der Waals surface area (Å²) in [5, 5.41) is 2.19. The lowest BCUT2D eigenvalue weighted by molar-refractivity contribution is 0.00511. The Morgan fingerprint density at radius 2 is 1.94 bits per heavy atom. The first-order valence-corrected chi connectivity index (χ1v) is 6.07. The molecule has 1 fully saturated rings. The van der Waals surface area contributed by atoms with E-state index in [4.69, 9.17) is 4.74 Å². The molecule has 4 heteroatoms. The lowest BCUT2D eigenvalue weighted by Gasteiger charge is -2.30. The van der Waals surface area contributed by atoms with Crippen molar-refractivity contribution in [3.63, 3.8) is 0 Å². The van der Waals surface area contributed by atoms with Crippen molar-refractivity contribution in [2.45, 2.75) is 19.4 Å². The standard InChI is InChI=1S/C13H19FN2O/c1-11(15-16-6-8-17-9-7-16)10-12-2-4-13(14)5-3-12/h2-5,11,15H,6-10H2,1H3/t11-/m1/s1. The fourth-order valence-corrected chi connectivity index (χ4v) is 2.02. The number of hydrogen-bond acceptors (Lipinski definition) is 3. The second kappa shape index (κ2) is 6.10. The highest BCUT2D eigenvalue weighted by atomic mass is 19.1. The Balaban J connectivity index is 1.79. The fraction of sp³-hybridized carbons (Fsp3) is 0.538. The van der Waals surface area contributed by atoms with Gasteiger partial charge in [-0.25, -0.2) is 9.40 Å². The third-order valence-corrected chi connectivity index (χ3v) is 2.87. The maximum atomic E-state index is 12.8. The zero-order chi connectivity index (χ0) is 12.1. The Morgan fingerprint density at radius 3 is 2.59 bits per heavy atom. The Morgan fingerprint density at radius 1 is 1.29 bits per heavy atom. The highest BCUT2D eigenvalue weighted by molar-refractivity contribution is 5.16. The quantitative estimate of drug-likeness (QED) is 0.862. The van der Waals surface area contributed by atoms with Crippen molar-refractivity contribution >= 4 is 0 Å². The van der Waals surface area contributed by atoms with Crippen LogP contribution in [0.5, 0.6) is 0 Å². The van der Waals surface area contributed by atoms with Gasteiger partial charge >= 0.3 is 0 Å². The molecule has 0 saturated carbocycles. The first-order chi connectivity index (χ1) is 8.24. The van der Waals surface area contributed by atoms with Gasteiger partial charge in [0.1, 0.15) is 5.82 Å². The number of halogens is 1. The fourth-order valence-electron chi connectivity index (χ4n) is 2.02. The van der Waals surface area contributed by atoms with Gasteiger partial charge in [0.25, 0.3) is 0 Å². The predicted molar refractivity (Wildman–Crippen MR) is 65.1 cm³/mol. The van der Waals surface area contributed by atoms with E-state index in [-0.39, 0.29) is 5.82 Å². The van der Waals surface area contributed by atoms with Crippen molar-refractivity contribution in [1.82, 2.24) is 10.4 Å². The number of benzene rings is 1. The largest absolute Gasteiger partial charge is 0.379 e. The van der Waals surface area contributed by atoms with Crippen LogP contribution in [0.1, 0.15) is 12.5 Å². The van der Waals surface area contributed by atoms with Crippen LogP contribution in [0.4, 0.5) is 4.39 Å². The van der Waals surface area contributed by atoms with Crippen LogP contribution in [0.15, 0.2) is 24.3 Å². The molecular weight excluding hydrogens is 219 g/mol. The summed E-state index contributed by atoms with van der Waals surface area (Å²) in [6.07, 6.45) is 0.900. The van der Waals surface area contributed by atoms with Gasteiger partial charge in [0.2, 0.25) is 0 Å². The molecule has 1 aromatic carbocycles. The van der Waals surface area contributed by atoms with Gasteiger partial charge in [-0.15, -0.1) is 0 Å². The van der Waals surface area contributed by atoms with Crippen LogP contribution in [-0.4, -0.2) is 37.4 Å². The topological polar surface area (TPSA) is 24.5 Å². The van der Waals surface area contributed by atoms with Crippen LogP contribution < -0.4 is 5.43 Å². The van der Waals surface area contributed by atoms with Crippen molar-refractivity contribution in [2.24, 2.45) is 0 Å². The number of nitrogens with one attached hydrogen (secondary N) is 1. The minimum atomic E-state index is -0.178. The third kappa shape index (κ3) is 4.07.